The summed E-state index contributed by atoms with van der Waals surface area (Å²) in [6.07, 6.45) is 0.219. The summed E-state index contributed by atoms with van der Waals surface area (Å²) in [5, 5.41) is 3.48. The molecule has 2 aromatic rings. The van der Waals surface area contributed by atoms with Gasteiger partial charge in [-0.2, -0.15) is 13.2 Å². The van der Waals surface area contributed by atoms with Crippen molar-refractivity contribution >= 4 is 17.5 Å². The van der Waals surface area contributed by atoms with Crippen LogP contribution >= 0.6 is 0 Å². The number of primary amides is 1. The van der Waals surface area contributed by atoms with Gasteiger partial charge in [0.2, 0.25) is 5.91 Å². The van der Waals surface area contributed by atoms with Gasteiger partial charge in [-0.15, -0.1) is 0 Å². The van der Waals surface area contributed by atoms with Crippen LogP contribution in [0, 0.1) is 11.3 Å². The van der Waals surface area contributed by atoms with Crippen LogP contribution in [0.4, 0.5) is 18.9 Å². The Morgan fingerprint density at radius 3 is 2.26 bits per heavy atom. The van der Waals surface area contributed by atoms with E-state index in [1.54, 1.807) is 11.0 Å². The number of likely N-dealkylation sites (tertiary alicyclic amines) is 2. The number of hydrogen-bond donors (Lipinski definition) is 2. The van der Waals surface area contributed by atoms with Crippen molar-refractivity contribution in [2.75, 3.05) is 38.0 Å². The number of amides is 2. The summed E-state index contributed by atoms with van der Waals surface area (Å²) in [7, 11) is 0. The molecule has 3 fully saturated rings. The van der Waals surface area contributed by atoms with Crippen LogP contribution in [0.5, 0.6) is 0 Å². The van der Waals surface area contributed by atoms with Crippen molar-refractivity contribution in [1.29, 1.82) is 0 Å². The Balaban J connectivity index is 1.16. The van der Waals surface area contributed by atoms with E-state index >= 15 is 0 Å². The maximum atomic E-state index is 13.5. The first-order valence-electron chi connectivity index (χ1n) is 14.0. The van der Waals surface area contributed by atoms with Gasteiger partial charge in [0.05, 0.1) is 5.41 Å². The average molecular weight is 543 g/mol. The topological polar surface area (TPSA) is 78.7 Å². The first-order chi connectivity index (χ1) is 18.7. The molecule has 2 amide bonds. The number of piperidine rings is 1. The van der Waals surface area contributed by atoms with E-state index in [1.807, 2.05) is 47.4 Å². The third kappa shape index (κ3) is 5.78. The van der Waals surface area contributed by atoms with Crippen LogP contribution in [0.3, 0.4) is 0 Å². The zero-order valence-corrected chi connectivity index (χ0v) is 22.2. The van der Waals surface area contributed by atoms with E-state index in [4.69, 9.17) is 5.73 Å². The summed E-state index contributed by atoms with van der Waals surface area (Å²) in [6.45, 7) is 2.86. The highest BCUT2D eigenvalue weighted by Crippen LogP contribution is 2.53. The van der Waals surface area contributed by atoms with E-state index in [0.717, 1.165) is 42.6 Å². The van der Waals surface area contributed by atoms with Crippen LogP contribution in [0.2, 0.25) is 0 Å². The van der Waals surface area contributed by atoms with Crippen molar-refractivity contribution in [2.45, 2.75) is 57.2 Å². The lowest BCUT2D eigenvalue weighted by Crippen LogP contribution is -2.53. The highest BCUT2D eigenvalue weighted by molar-refractivity contribution is 6.03. The molecule has 39 heavy (non-hydrogen) atoms. The summed E-state index contributed by atoms with van der Waals surface area (Å²) >= 11 is 0. The predicted octanol–water partition coefficient (Wildman–Crippen LogP) is 5.30. The standard InChI is InChI=1S/C30H37F3N4O2/c31-30(32,33)29(14-4-15-29)20-36-17-12-21(13-18-36)19-35-23-10-8-22(9-11-23)24-5-1-2-6-25(24)28(39)37-16-3-7-26(37)27(34)38/h1-2,5-6,8-11,21,26,35H,3-4,7,12-20H2,(H2,34,38). The van der Waals surface area contributed by atoms with Crippen molar-refractivity contribution < 1.29 is 22.8 Å². The van der Waals surface area contributed by atoms with Crippen LogP contribution in [0.1, 0.15) is 55.3 Å². The summed E-state index contributed by atoms with van der Waals surface area (Å²) < 4.78 is 40.6. The largest absolute Gasteiger partial charge is 0.395 e. The summed E-state index contributed by atoms with van der Waals surface area (Å²) in [4.78, 5) is 28.7. The van der Waals surface area contributed by atoms with Gasteiger partial charge >= 0.3 is 6.18 Å². The third-order valence-corrected chi connectivity index (χ3v) is 8.94. The number of anilines is 1. The third-order valence-electron chi connectivity index (χ3n) is 8.94. The van der Waals surface area contributed by atoms with Gasteiger partial charge in [0.1, 0.15) is 6.04 Å². The van der Waals surface area contributed by atoms with E-state index in [0.29, 0.717) is 44.0 Å². The Bertz CT molecular complexity index is 1170. The summed E-state index contributed by atoms with van der Waals surface area (Å²) in [5.41, 5.74) is 7.26. The van der Waals surface area contributed by atoms with Gasteiger partial charge in [0.25, 0.3) is 5.91 Å². The molecule has 6 nitrogen and oxygen atoms in total. The molecular formula is C30H37F3N4O2. The Hall–Kier alpha value is -3.07. The van der Waals surface area contributed by atoms with Gasteiger partial charge in [-0.3, -0.25) is 9.59 Å². The predicted molar refractivity (Wildman–Crippen MR) is 145 cm³/mol. The second-order valence-electron chi connectivity index (χ2n) is 11.4. The minimum atomic E-state index is -4.11. The van der Waals surface area contributed by atoms with Crippen LogP contribution in [0.15, 0.2) is 48.5 Å². The molecule has 2 saturated heterocycles. The molecule has 1 aliphatic carbocycles. The molecule has 2 aromatic carbocycles. The molecule has 3 N–H and O–H groups in total. The normalized spacial score (nSPS) is 21.9. The molecule has 3 aliphatic rings. The van der Waals surface area contributed by atoms with Crippen LogP contribution in [0.25, 0.3) is 11.1 Å². The molecule has 2 aliphatic heterocycles. The fourth-order valence-corrected chi connectivity index (χ4v) is 6.32. The van der Waals surface area contributed by atoms with Gasteiger partial charge in [0, 0.05) is 30.9 Å². The van der Waals surface area contributed by atoms with Gasteiger partial charge in [-0.05, 0) is 86.9 Å². The van der Waals surface area contributed by atoms with Crippen LogP contribution in [-0.2, 0) is 4.79 Å². The van der Waals surface area contributed by atoms with Gasteiger partial charge in [-0.1, -0.05) is 36.8 Å². The number of nitrogens with zero attached hydrogens (tertiary/aromatic N) is 2. The van der Waals surface area contributed by atoms with E-state index in [2.05, 4.69) is 5.32 Å². The quantitative estimate of drug-likeness (QED) is 0.475. The Labute approximate surface area is 227 Å². The van der Waals surface area contributed by atoms with E-state index < -0.39 is 23.5 Å². The number of nitrogens with one attached hydrogen (secondary N) is 1. The van der Waals surface area contributed by atoms with Crippen molar-refractivity contribution in [3.05, 3.63) is 54.1 Å². The van der Waals surface area contributed by atoms with Gasteiger partial charge in [-0.25, -0.2) is 0 Å². The zero-order valence-electron chi connectivity index (χ0n) is 22.2. The molecule has 0 radical (unpaired) electrons. The number of halogens is 3. The lowest BCUT2D eigenvalue weighted by Gasteiger charge is -2.47. The number of carbonyl (C=O) groups excluding carboxylic acids is 2. The van der Waals surface area contributed by atoms with Gasteiger partial charge < -0.3 is 20.9 Å². The molecule has 210 valence electrons. The first-order valence-corrected chi connectivity index (χ1v) is 14.0. The second-order valence-corrected chi connectivity index (χ2v) is 11.4. The highest BCUT2D eigenvalue weighted by atomic mass is 19.4. The number of carbonyl (C=O) groups is 2. The van der Waals surface area contributed by atoms with Crippen molar-refractivity contribution in [2.24, 2.45) is 17.1 Å². The molecule has 0 spiro atoms. The number of rotatable bonds is 8. The minimum absolute atomic E-state index is 0.142. The average Bonchev–Trinajstić information content (AvgIpc) is 3.40. The highest BCUT2D eigenvalue weighted by Gasteiger charge is 2.58. The number of benzene rings is 2. The maximum Gasteiger partial charge on any atom is 0.395 e. The Morgan fingerprint density at radius 1 is 0.949 bits per heavy atom. The number of nitrogens with two attached hydrogens (primary N) is 1. The molecule has 0 aromatic heterocycles. The second kappa shape index (κ2) is 11.2. The Kier molecular flexibility index (Phi) is 7.89. The molecule has 0 bridgehead atoms. The molecule has 5 rings (SSSR count). The molecule has 1 atom stereocenters. The summed E-state index contributed by atoms with van der Waals surface area (Å²) in [6, 6.07) is 14.8. The summed E-state index contributed by atoms with van der Waals surface area (Å²) in [5.74, 6) is -0.233. The number of hydrogen-bond acceptors (Lipinski definition) is 4. The molecule has 9 heteroatoms. The molecule has 2 heterocycles. The van der Waals surface area contributed by atoms with E-state index in [9.17, 15) is 22.8 Å². The Morgan fingerprint density at radius 2 is 1.64 bits per heavy atom. The molecule has 1 unspecified atom stereocenters. The lowest BCUT2D eigenvalue weighted by atomic mass is 9.67. The molecule has 1 saturated carbocycles. The zero-order chi connectivity index (χ0) is 27.6. The minimum Gasteiger partial charge on any atom is -0.385 e. The molecular weight excluding hydrogens is 505 g/mol. The fourth-order valence-electron chi connectivity index (χ4n) is 6.32. The van der Waals surface area contributed by atoms with Crippen molar-refractivity contribution in [3.8, 4) is 11.1 Å². The number of alkyl halides is 3. The monoisotopic (exact) mass is 542 g/mol. The first kappa shape index (κ1) is 27.5. The van der Waals surface area contributed by atoms with Crippen molar-refractivity contribution in [3.63, 3.8) is 0 Å². The van der Waals surface area contributed by atoms with Crippen molar-refractivity contribution in [1.82, 2.24) is 9.80 Å². The smallest absolute Gasteiger partial charge is 0.385 e. The van der Waals surface area contributed by atoms with E-state index in [1.165, 1.54) is 0 Å². The van der Waals surface area contributed by atoms with Crippen LogP contribution < -0.4 is 11.1 Å². The van der Waals surface area contributed by atoms with Gasteiger partial charge in [0.15, 0.2) is 0 Å². The maximum absolute atomic E-state index is 13.5. The van der Waals surface area contributed by atoms with E-state index in [-0.39, 0.29) is 25.3 Å². The van der Waals surface area contributed by atoms with Crippen LogP contribution in [-0.4, -0.2) is 66.6 Å². The lowest BCUT2D eigenvalue weighted by molar-refractivity contribution is -0.256. The fraction of sp³-hybridized carbons (Fsp3) is 0.533. The SMILES string of the molecule is NC(=O)C1CCCN1C(=O)c1ccccc1-c1ccc(NCC2CCN(CC3(C(F)(F)F)CCC3)CC2)cc1.